The van der Waals surface area contributed by atoms with E-state index in [1.54, 1.807) is 0 Å². The predicted molar refractivity (Wildman–Crippen MR) is 90.4 cm³/mol. The van der Waals surface area contributed by atoms with Crippen molar-refractivity contribution in [3.8, 4) is 0 Å². The van der Waals surface area contributed by atoms with Crippen LogP contribution in [0.15, 0.2) is 42.5 Å². The van der Waals surface area contributed by atoms with Gasteiger partial charge >= 0.3 is 0 Å². The van der Waals surface area contributed by atoms with Crippen molar-refractivity contribution in [2.45, 2.75) is 27.4 Å². The van der Waals surface area contributed by atoms with E-state index in [1.165, 1.54) is 36.0 Å². The van der Waals surface area contributed by atoms with Crippen molar-refractivity contribution >= 4 is 10.8 Å². The molecule has 0 spiro atoms. The lowest BCUT2D eigenvalue weighted by Gasteiger charge is -2.35. The molecular formula is C19H28NO+. The number of hydrogen-bond donors (Lipinski definition) is 0. The first kappa shape index (κ1) is 16.0. The Bertz CT molecular complexity index is 547. The molecule has 0 radical (unpaired) electrons. The molecule has 0 aliphatic carbocycles. The van der Waals surface area contributed by atoms with Gasteiger partial charge in [0.05, 0.1) is 32.8 Å². The van der Waals surface area contributed by atoms with Crippen LogP contribution in [0.3, 0.4) is 0 Å². The van der Waals surface area contributed by atoms with Crippen LogP contribution < -0.4 is 0 Å². The van der Waals surface area contributed by atoms with E-state index in [0.29, 0.717) is 6.61 Å². The summed E-state index contributed by atoms with van der Waals surface area (Å²) in [7, 11) is 0. The third-order valence-electron chi connectivity index (χ3n) is 4.86. The number of rotatable bonds is 8. The zero-order valence-electron chi connectivity index (χ0n) is 13.6. The van der Waals surface area contributed by atoms with Gasteiger partial charge in [-0.3, -0.25) is 0 Å². The Hall–Kier alpha value is -1.38. The molecule has 114 valence electrons. The summed E-state index contributed by atoms with van der Waals surface area (Å²) in [5.74, 6) is 0. The number of ether oxygens (including phenoxy) is 1. The molecule has 0 heterocycles. The summed E-state index contributed by atoms with van der Waals surface area (Å²) in [5, 5.41) is 2.60. The summed E-state index contributed by atoms with van der Waals surface area (Å²) < 4.78 is 7.12. The predicted octanol–water partition coefficient (Wildman–Crippen LogP) is 4.23. The Morgan fingerprint density at radius 1 is 0.857 bits per heavy atom. The van der Waals surface area contributed by atoms with Crippen molar-refractivity contribution in [1.29, 1.82) is 0 Å². The van der Waals surface area contributed by atoms with Crippen LogP contribution in [0, 0.1) is 0 Å². The van der Waals surface area contributed by atoms with Gasteiger partial charge in [-0.2, -0.15) is 0 Å². The summed E-state index contributed by atoms with van der Waals surface area (Å²) in [5.41, 5.74) is 1.29. The minimum Gasteiger partial charge on any atom is -0.371 e. The van der Waals surface area contributed by atoms with Crippen LogP contribution in [0.5, 0.6) is 0 Å². The van der Waals surface area contributed by atoms with Gasteiger partial charge in [0, 0.05) is 0 Å². The molecule has 0 aromatic heterocycles. The second-order valence-corrected chi connectivity index (χ2v) is 5.70. The molecule has 2 rings (SSSR count). The van der Waals surface area contributed by atoms with Crippen LogP contribution in [0.4, 0.5) is 0 Å². The zero-order valence-corrected chi connectivity index (χ0v) is 13.6. The van der Waals surface area contributed by atoms with Crippen molar-refractivity contribution in [2.24, 2.45) is 0 Å². The molecule has 0 N–H and O–H groups in total. The third-order valence-corrected chi connectivity index (χ3v) is 4.86. The largest absolute Gasteiger partial charge is 0.371 e. The smallest absolute Gasteiger partial charge is 0.102 e. The van der Waals surface area contributed by atoms with Gasteiger partial charge in [0.2, 0.25) is 0 Å². The summed E-state index contributed by atoms with van der Waals surface area (Å²) in [6.45, 7) is 13.0. The van der Waals surface area contributed by atoms with E-state index in [0.717, 1.165) is 17.6 Å². The monoisotopic (exact) mass is 286 g/mol. The van der Waals surface area contributed by atoms with Gasteiger partial charge in [-0.25, -0.2) is 0 Å². The molecule has 0 saturated carbocycles. The van der Waals surface area contributed by atoms with Crippen molar-refractivity contribution < 1.29 is 9.22 Å². The molecule has 0 aliphatic rings. The average Bonchev–Trinajstić information content (AvgIpc) is 2.56. The summed E-state index contributed by atoms with van der Waals surface area (Å²) >= 11 is 0. The van der Waals surface area contributed by atoms with Crippen LogP contribution in [-0.4, -0.2) is 37.3 Å². The highest BCUT2D eigenvalue weighted by Gasteiger charge is 2.19. The van der Waals surface area contributed by atoms with Gasteiger partial charge in [-0.05, 0) is 37.1 Å². The van der Waals surface area contributed by atoms with Crippen LogP contribution in [-0.2, 0) is 11.3 Å². The molecule has 21 heavy (non-hydrogen) atoms. The number of hydrogen-bond acceptors (Lipinski definition) is 1. The molecule has 0 aliphatic heterocycles. The molecule has 0 atom stereocenters. The van der Waals surface area contributed by atoms with Crippen LogP contribution in [0.25, 0.3) is 10.8 Å². The molecule has 2 aromatic rings. The maximum Gasteiger partial charge on any atom is 0.102 e. The Labute approximate surface area is 128 Å². The molecule has 2 nitrogen and oxygen atoms in total. The van der Waals surface area contributed by atoms with E-state index >= 15 is 0 Å². The molecule has 2 aromatic carbocycles. The fraction of sp³-hybridized carbons (Fsp3) is 0.474. The van der Waals surface area contributed by atoms with Gasteiger partial charge in [-0.1, -0.05) is 42.5 Å². The van der Waals surface area contributed by atoms with Gasteiger partial charge in [-0.15, -0.1) is 0 Å². The fourth-order valence-electron chi connectivity index (χ4n) is 3.00. The number of fused-ring (bicyclic) bond motifs is 1. The highest BCUT2D eigenvalue weighted by atomic mass is 16.5. The first-order valence-corrected chi connectivity index (χ1v) is 8.14. The lowest BCUT2D eigenvalue weighted by Crippen LogP contribution is -2.49. The van der Waals surface area contributed by atoms with Gasteiger partial charge in [0.25, 0.3) is 0 Å². The SMILES string of the molecule is CC[N+](CC)(CC)CCOCc1cccc2ccccc12. The molecular weight excluding hydrogens is 258 g/mol. The highest BCUT2D eigenvalue weighted by molar-refractivity contribution is 5.85. The second-order valence-electron chi connectivity index (χ2n) is 5.70. The lowest BCUT2D eigenvalue weighted by molar-refractivity contribution is -0.923. The third kappa shape index (κ3) is 3.84. The van der Waals surface area contributed by atoms with Crippen molar-refractivity contribution in [3.63, 3.8) is 0 Å². The molecule has 0 fully saturated rings. The van der Waals surface area contributed by atoms with E-state index in [1.807, 2.05) is 0 Å². The van der Waals surface area contributed by atoms with Gasteiger partial charge in [0.1, 0.15) is 6.54 Å². The molecule has 0 amide bonds. The maximum absolute atomic E-state index is 5.97. The first-order valence-electron chi connectivity index (χ1n) is 8.14. The molecule has 0 saturated heterocycles. The first-order chi connectivity index (χ1) is 10.2. The topological polar surface area (TPSA) is 9.23 Å². The fourth-order valence-corrected chi connectivity index (χ4v) is 3.00. The Balaban J connectivity index is 1.94. The minimum absolute atomic E-state index is 0.707. The summed E-state index contributed by atoms with van der Waals surface area (Å²) in [4.78, 5) is 0. The van der Waals surface area contributed by atoms with E-state index in [2.05, 4.69) is 63.2 Å². The van der Waals surface area contributed by atoms with Crippen LogP contribution in [0.2, 0.25) is 0 Å². The van der Waals surface area contributed by atoms with Crippen LogP contribution in [0.1, 0.15) is 26.3 Å². The summed E-state index contributed by atoms with van der Waals surface area (Å²) in [6.07, 6.45) is 0. The van der Waals surface area contributed by atoms with Crippen molar-refractivity contribution in [1.82, 2.24) is 0 Å². The maximum atomic E-state index is 5.97. The van der Waals surface area contributed by atoms with Crippen molar-refractivity contribution in [2.75, 3.05) is 32.8 Å². The molecule has 0 bridgehead atoms. The number of likely N-dealkylation sites (N-methyl/N-ethyl adjacent to an activating group) is 1. The van der Waals surface area contributed by atoms with Gasteiger partial charge < -0.3 is 9.22 Å². The number of benzene rings is 2. The molecule has 2 heteroatoms. The van der Waals surface area contributed by atoms with E-state index in [-0.39, 0.29) is 0 Å². The van der Waals surface area contributed by atoms with Crippen LogP contribution >= 0.6 is 0 Å². The van der Waals surface area contributed by atoms with Crippen molar-refractivity contribution in [3.05, 3.63) is 48.0 Å². The number of quaternary nitrogens is 1. The van der Waals surface area contributed by atoms with E-state index in [9.17, 15) is 0 Å². The Kier molecular flexibility index (Phi) is 5.77. The minimum atomic E-state index is 0.707. The van der Waals surface area contributed by atoms with E-state index in [4.69, 9.17) is 4.74 Å². The van der Waals surface area contributed by atoms with E-state index < -0.39 is 0 Å². The normalized spacial score (nSPS) is 12.0. The number of nitrogens with zero attached hydrogens (tertiary/aromatic N) is 1. The second kappa shape index (κ2) is 7.58. The quantitative estimate of drug-likeness (QED) is 0.521. The summed E-state index contributed by atoms with van der Waals surface area (Å²) in [6, 6.07) is 15.0. The molecule has 0 unspecified atom stereocenters. The highest BCUT2D eigenvalue weighted by Crippen LogP contribution is 2.19. The lowest BCUT2D eigenvalue weighted by atomic mass is 10.1. The van der Waals surface area contributed by atoms with Gasteiger partial charge in [0.15, 0.2) is 0 Å². The zero-order chi connectivity index (χ0) is 15.1. The Morgan fingerprint density at radius 3 is 2.24 bits per heavy atom. The average molecular weight is 286 g/mol. The standard InChI is InChI=1S/C19H28NO/c1-4-20(5-2,6-3)14-15-21-16-18-12-9-11-17-10-7-8-13-19(17)18/h7-13H,4-6,14-16H2,1-3H3/q+1. The Morgan fingerprint density at radius 2 is 1.52 bits per heavy atom.